The van der Waals surface area contributed by atoms with Gasteiger partial charge in [-0.2, -0.15) is 0 Å². The summed E-state index contributed by atoms with van der Waals surface area (Å²) in [5.74, 6) is -0.679. The van der Waals surface area contributed by atoms with Crippen molar-refractivity contribution in [1.82, 2.24) is 0 Å². The van der Waals surface area contributed by atoms with Gasteiger partial charge in [0.15, 0.2) is 11.5 Å². The maximum absolute atomic E-state index is 12.3. The Bertz CT molecular complexity index is 989. The molecule has 29 heavy (non-hydrogen) atoms. The zero-order valence-electron chi connectivity index (χ0n) is 15.7. The summed E-state index contributed by atoms with van der Waals surface area (Å²) in [6, 6.07) is 6.93. The molecule has 0 atom stereocenters. The van der Waals surface area contributed by atoms with Gasteiger partial charge in [-0.25, -0.2) is 4.79 Å². The number of halogens is 1. The Kier molecular flexibility index (Phi) is 7.15. The van der Waals surface area contributed by atoms with Crippen molar-refractivity contribution in [2.24, 2.45) is 0 Å². The van der Waals surface area contributed by atoms with Gasteiger partial charge in [-0.15, -0.1) is 0 Å². The molecule has 0 aliphatic rings. The van der Waals surface area contributed by atoms with Crippen molar-refractivity contribution in [3.63, 3.8) is 0 Å². The number of hydrogen-bond donors (Lipinski definition) is 1. The normalized spacial score (nSPS) is 10.5. The summed E-state index contributed by atoms with van der Waals surface area (Å²) in [6.07, 6.45) is 2.53. The van der Waals surface area contributed by atoms with Crippen LogP contribution in [-0.2, 0) is 9.53 Å². The van der Waals surface area contributed by atoms with Crippen LogP contribution >= 0.6 is 11.6 Å². The van der Waals surface area contributed by atoms with Crippen LogP contribution in [0.3, 0.4) is 0 Å². The van der Waals surface area contributed by atoms with E-state index in [-0.39, 0.29) is 27.7 Å². The molecule has 0 bridgehead atoms. The van der Waals surface area contributed by atoms with Crippen molar-refractivity contribution in [1.29, 1.82) is 0 Å². The third-order valence-electron chi connectivity index (χ3n) is 3.78. The Labute approximate surface area is 171 Å². The molecule has 0 unspecified atom stereocenters. The smallest absolute Gasteiger partial charge is 0.340 e. The monoisotopic (exact) mass is 420 g/mol. The highest BCUT2D eigenvalue weighted by atomic mass is 35.5. The maximum Gasteiger partial charge on any atom is 0.340 e. The summed E-state index contributed by atoms with van der Waals surface area (Å²) in [4.78, 5) is 34.7. The number of rotatable bonds is 7. The SMILES string of the molecule is COC(=O)c1cc(OC)c(OC)cc1NC(=O)/C=C/c1ccc(Cl)c([N+](=O)[O-])c1. The van der Waals surface area contributed by atoms with E-state index in [1.807, 2.05) is 0 Å². The predicted octanol–water partition coefficient (Wildman–Crippen LogP) is 3.70. The van der Waals surface area contributed by atoms with E-state index in [4.69, 9.17) is 25.8 Å². The molecule has 0 aliphatic heterocycles. The molecule has 10 heteroatoms. The highest BCUT2D eigenvalue weighted by Crippen LogP contribution is 2.34. The molecule has 0 heterocycles. The number of carbonyl (C=O) groups excluding carboxylic acids is 2. The summed E-state index contributed by atoms with van der Waals surface area (Å²) in [6.45, 7) is 0. The summed E-state index contributed by atoms with van der Waals surface area (Å²) >= 11 is 5.76. The fraction of sp³-hybridized carbons (Fsp3) is 0.158. The lowest BCUT2D eigenvalue weighted by atomic mass is 10.1. The summed E-state index contributed by atoms with van der Waals surface area (Å²) in [7, 11) is 4.03. The zero-order valence-corrected chi connectivity index (χ0v) is 16.5. The molecule has 0 fully saturated rings. The fourth-order valence-corrected chi connectivity index (χ4v) is 2.57. The first-order valence-corrected chi connectivity index (χ1v) is 8.45. The average molecular weight is 421 g/mol. The zero-order chi connectivity index (χ0) is 21.6. The largest absolute Gasteiger partial charge is 0.493 e. The van der Waals surface area contributed by atoms with E-state index in [1.165, 1.54) is 57.7 Å². The lowest BCUT2D eigenvalue weighted by Gasteiger charge is -2.14. The van der Waals surface area contributed by atoms with Gasteiger partial charge >= 0.3 is 5.97 Å². The number of anilines is 1. The molecule has 2 aromatic carbocycles. The topological polar surface area (TPSA) is 117 Å². The fourth-order valence-electron chi connectivity index (χ4n) is 2.38. The first-order chi connectivity index (χ1) is 13.8. The molecule has 0 radical (unpaired) electrons. The summed E-state index contributed by atoms with van der Waals surface area (Å²) < 4.78 is 15.1. The minimum absolute atomic E-state index is 0.00958. The summed E-state index contributed by atoms with van der Waals surface area (Å²) in [5.41, 5.74) is 0.333. The molecular weight excluding hydrogens is 404 g/mol. The quantitative estimate of drug-likeness (QED) is 0.314. The molecule has 0 aliphatic carbocycles. The van der Waals surface area contributed by atoms with Gasteiger partial charge in [0, 0.05) is 24.3 Å². The molecule has 2 aromatic rings. The van der Waals surface area contributed by atoms with E-state index in [0.29, 0.717) is 11.3 Å². The van der Waals surface area contributed by atoms with Crippen LogP contribution in [-0.4, -0.2) is 38.1 Å². The highest BCUT2D eigenvalue weighted by Gasteiger charge is 2.18. The van der Waals surface area contributed by atoms with Crippen LogP contribution in [0.25, 0.3) is 6.08 Å². The Balaban J connectivity index is 2.30. The van der Waals surface area contributed by atoms with Crippen LogP contribution in [0.1, 0.15) is 15.9 Å². The van der Waals surface area contributed by atoms with E-state index >= 15 is 0 Å². The molecule has 152 valence electrons. The van der Waals surface area contributed by atoms with Gasteiger partial charge in [-0.05, 0) is 17.7 Å². The number of nitro groups is 1. The maximum atomic E-state index is 12.3. The number of carbonyl (C=O) groups is 2. The average Bonchev–Trinajstić information content (AvgIpc) is 2.71. The van der Waals surface area contributed by atoms with Crippen LogP contribution in [0.4, 0.5) is 11.4 Å². The van der Waals surface area contributed by atoms with E-state index < -0.39 is 16.8 Å². The van der Waals surface area contributed by atoms with Crippen molar-refractivity contribution < 1.29 is 28.7 Å². The third kappa shape index (κ3) is 5.23. The number of benzene rings is 2. The molecule has 0 spiro atoms. The minimum Gasteiger partial charge on any atom is -0.493 e. The Hall–Kier alpha value is -3.59. The van der Waals surface area contributed by atoms with Gasteiger partial charge in [0.25, 0.3) is 5.69 Å². The third-order valence-corrected chi connectivity index (χ3v) is 4.10. The first-order valence-electron chi connectivity index (χ1n) is 8.08. The minimum atomic E-state index is -0.682. The van der Waals surface area contributed by atoms with Crippen LogP contribution in [0, 0.1) is 10.1 Å². The van der Waals surface area contributed by atoms with Crippen molar-refractivity contribution in [3.05, 3.63) is 62.7 Å². The molecule has 2 rings (SSSR count). The van der Waals surface area contributed by atoms with Crippen molar-refractivity contribution in [3.8, 4) is 11.5 Å². The number of nitrogens with one attached hydrogen (secondary N) is 1. The Morgan fingerprint density at radius 2 is 1.76 bits per heavy atom. The standard InChI is InChI=1S/C19H17ClN2O7/c1-27-16-9-12(19(24)29-3)14(10-17(16)28-2)21-18(23)7-5-11-4-6-13(20)15(8-11)22(25)26/h4-10H,1-3H3,(H,21,23)/b7-5+. The molecule has 1 amide bonds. The van der Waals surface area contributed by atoms with Gasteiger partial charge in [-0.1, -0.05) is 17.7 Å². The van der Waals surface area contributed by atoms with Crippen LogP contribution in [0.5, 0.6) is 11.5 Å². The number of nitro benzene ring substituents is 1. The number of esters is 1. The number of hydrogen-bond acceptors (Lipinski definition) is 7. The Morgan fingerprint density at radius 3 is 2.34 bits per heavy atom. The number of methoxy groups -OCH3 is 3. The van der Waals surface area contributed by atoms with E-state index in [1.54, 1.807) is 0 Å². The molecule has 0 saturated heterocycles. The predicted molar refractivity (Wildman–Crippen MR) is 107 cm³/mol. The van der Waals surface area contributed by atoms with E-state index in [9.17, 15) is 19.7 Å². The van der Waals surface area contributed by atoms with Gasteiger partial charge in [-0.3, -0.25) is 14.9 Å². The lowest BCUT2D eigenvalue weighted by Crippen LogP contribution is -2.13. The van der Waals surface area contributed by atoms with Gasteiger partial charge in [0.05, 0.1) is 37.5 Å². The van der Waals surface area contributed by atoms with Crippen molar-refractivity contribution in [2.75, 3.05) is 26.6 Å². The van der Waals surface area contributed by atoms with Crippen molar-refractivity contribution >= 4 is 40.9 Å². The van der Waals surface area contributed by atoms with Crippen LogP contribution in [0.2, 0.25) is 5.02 Å². The second kappa shape index (κ2) is 9.56. The molecule has 0 aromatic heterocycles. The Morgan fingerprint density at radius 1 is 1.10 bits per heavy atom. The van der Waals surface area contributed by atoms with Crippen molar-refractivity contribution in [2.45, 2.75) is 0 Å². The number of ether oxygens (including phenoxy) is 3. The molecule has 9 nitrogen and oxygen atoms in total. The van der Waals surface area contributed by atoms with Crippen LogP contribution in [0.15, 0.2) is 36.4 Å². The van der Waals surface area contributed by atoms with Gasteiger partial charge in [0.1, 0.15) is 5.02 Å². The van der Waals surface area contributed by atoms with Crippen LogP contribution < -0.4 is 14.8 Å². The number of nitrogens with zero attached hydrogens (tertiary/aromatic N) is 1. The highest BCUT2D eigenvalue weighted by molar-refractivity contribution is 6.32. The lowest BCUT2D eigenvalue weighted by molar-refractivity contribution is -0.384. The first kappa shape index (κ1) is 21.7. The molecule has 1 N–H and O–H groups in total. The number of amides is 1. The second-order valence-corrected chi connectivity index (χ2v) is 5.94. The van der Waals surface area contributed by atoms with E-state index in [0.717, 1.165) is 6.08 Å². The molecule has 0 saturated carbocycles. The summed E-state index contributed by atoms with van der Waals surface area (Å²) in [5, 5.41) is 13.5. The van der Waals surface area contributed by atoms with Gasteiger partial charge < -0.3 is 19.5 Å². The van der Waals surface area contributed by atoms with E-state index in [2.05, 4.69) is 5.32 Å². The van der Waals surface area contributed by atoms with Gasteiger partial charge in [0.2, 0.25) is 5.91 Å². The second-order valence-electron chi connectivity index (χ2n) is 5.53. The molecular formula is C19H17ClN2O7.